The largest absolute Gasteiger partial charge is 0.351 e. The van der Waals surface area contributed by atoms with Crippen LogP contribution >= 0.6 is 11.3 Å². The first-order valence-corrected chi connectivity index (χ1v) is 10.0. The molecule has 1 aromatic heterocycles. The second kappa shape index (κ2) is 8.04. The quantitative estimate of drug-likeness (QED) is 0.864. The molecule has 1 aliphatic rings. The first kappa shape index (κ1) is 18.6. The third-order valence-corrected chi connectivity index (χ3v) is 5.92. The van der Waals surface area contributed by atoms with E-state index in [0.29, 0.717) is 25.6 Å². The lowest BCUT2D eigenvalue weighted by Gasteiger charge is -2.27. The summed E-state index contributed by atoms with van der Waals surface area (Å²) in [5, 5.41) is 3.00. The minimum absolute atomic E-state index is 0.00135. The highest BCUT2D eigenvalue weighted by Crippen LogP contribution is 2.29. The number of fused-ring (bicyclic) bond motifs is 1. The summed E-state index contributed by atoms with van der Waals surface area (Å²) >= 11 is 1.56. The highest BCUT2D eigenvalue weighted by molar-refractivity contribution is 7.14. The number of benzene rings is 1. The van der Waals surface area contributed by atoms with Gasteiger partial charge in [0.25, 0.3) is 11.8 Å². The van der Waals surface area contributed by atoms with Gasteiger partial charge in [-0.05, 0) is 49.4 Å². The van der Waals surface area contributed by atoms with Crippen molar-refractivity contribution in [2.75, 3.05) is 13.1 Å². The van der Waals surface area contributed by atoms with E-state index in [4.69, 9.17) is 0 Å². The van der Waals surface area contributed by atoms with Gasteiger partial charge in [0.2, 0.25) is 0 Å². The van der Waals surface area contributed by atoms with Gasteiger partial charge in [-0.1, -0.05) is 31.5 Å². The standard InChI is InChI=1S/C21H26N2O2S/c1-14(2)8-10-22-20(24)19-12-17-13-23(11-9-18(17)26-19)21(25)16-6-4-15(3)5-7-16/h4-7,12,14H,8-11,13H2,1-3H3,(H,22,24). The van der Waals surface area contributed by atoms with Crippen LogP contribution in [0.1, 0.15) is 56.3 Å². The van der Waals surface area contributed by atoms with Gasteiger partial charge in [0.05, 0.1) is 4.88 Å². The number of thiophene rings is 1. The number of aryl methyl sites for hydroxylation is 1. The third kappa shape index (κ3) is 4.33. The summed E-state index contributed by atoms with van der Waals surface area (Å²) in [5.74, 6) is 0.638. The Kier molecular flexibility index (Phi) is 5.77. The molecule has 0 fully saturated rings. The molecule has 1 aliphatic heterocycles. The summed E-state index contributed by atoms with van der Waals surface area (Å²) in [4.78, 5) is 28.9. The van der Waals surface area contributed by atoms with E-state index in [0.717, 1.165) is 34.4 Å². The van der Waals surface area contributed by atoms with Gasteiger partial charge in [-0.2, -0.15) is 0 Å². The van der Waals surface area contributed by atoms with Gasteiger partial charge >= 0.3 is 0 Å². The molecular formula is C21H26N2O2S. The molecule has 1 N–H and O–H groups in total. The van der Waals surface area contributed by atoms with Gasteiger partial charge in [0.15, 0.2) is 0 Å². The topological polar surface area (TPSA) is 49.4 Å². The van der Waals surface area contributed by atoms with Crippen LogP contribution in [0.3, 0.4) is 0 Å². The maximum Gasteiger partial charge on any atom is 0.261 e. The van der Waals surface area contributed by atoms with Crippen LogP contribution in [0.2, 0.25) is 0 Å². The molecule has 0 spiro atoms. The van der Waals surface area contributed by atoms with E-state index in [1.54, 1.807) is 11.3 Å². The van der Waals surface area contributed by atoms with Gasteiger partial charge in [0, 0.05) is 30.1 Å². The van der Waals surface area contributed by atoms with Crippen LogP contribution in [0.4, 0.5) is 0 Å². The molecule has 138 valence electrons. The first-order chi connectivity index (χ1) is 12.4. The number of hydrogen-bond donors (Lipinski definition) is 1. The molecule has 0 aliphatic carbocycles. The predicted molar refractivity (Wildman–Crippen MR) is 106 cm³/mol. The zero-order valence-corrected chi connectivity index (χ0v) is 16.5. The Morgan fingerprint density at radius 1 is 1.23 bits per heavy atom. The molecule has 0 atom stereocenters. The van der Waals surface area contributed by atoms with E-state index in [2.05, 4.69) is 19.2 Å². The Bertz CT molecular complexity index is 793. The molecule has 0 radical (unpaired) electrons. The van der Waals surface area contributed by atoms with Crippen molar-refractivity contribution in [2.24, 2.45) is 5.92 Å². The molecule has 2 aromatic rings. The molecule has 1 aromatic carbocycles. The van der Waals surface area contributed by atoms with Crippen molar-refractivity contribution in [1.29, 1.82) is 0 Å². The molecule has 0 bridgehead atoms. The Morgan fingerprint density at radius 2 is 1.96 bits per heavy atom. The van der Waals surface area contributed by atoms with E-state index in [-0.39, 0.29) is 11.8 Å². The summed E-state index contributed by atoms with van der Waals surface area (Å²) in [6, 6.07) is 9.65. The lowest BCUT2D eigenvalue weighted by Crippen LogP contribution is -2.35. The van der Waals surface area contributed by atoms with Crippen LogP contribution in [0.25, 0.3) is 0 Å². The SMILES string of the molecule is Cc1ccc(C(=O)N2CCc3sc(C(=O)NCCC(C)C)cc3C2)cc1. The highest BCUT2D eigenvalue weighted by atomic mass is 32.1. The molecule has 2 heterocycles. The van der Waals surface area contributed by atoms with Crippen LogP contribution in [0.15, 0.2) is 30.3 Å². The minimum Gasteiger partial charge on any atom is -0.351 e. The van der Waals surface area contributed by atoms with Crippen molar-refractivity contribution in [1.82, 2.24) is 10.2 Å². The zero-order chi connectivity index (χ0) is 18.7. The van der Waals surface area contributed by atoms with Crippen molar-refractivity contribution >= 4 is 23.2 Å². The highest BCUT2D eigenvalue weighted by Gasteiger charge is 2.25. The van der Waals surface area contributed by atoms with Crippen molar-refractivity contribution in [3.63, 3.8) is 0 Å². The number of amides is 2. The van der Waals surface area contributed by atoms with E-state index >= 15 is 0 Å². The third-order valence-electron chi connectivity index (χ3n) is 4.68. The summed E-state index contributed by atoms with van der Waals surface area (Å²) in [6.07, 6.45) is 1.80. The number of nitrogens with one attached hydrogen (secondary N) is 1. The molecule has 0 unspecified atom stereocenters. The van der Waals surface area contributed by atoms with E-state index < -0.39 is 0 Å². The summed E-state index contributed by atoms with van der Waals surface area (Å²) in [5.41, 5.74) is 2.98. The molecule has 0 saturated carbocycles. The average Bonchev–Trinajstić information content (AvgIpc) is 3.04. The number of rotatable bonds is 5. The van der Waals surface area contributed by atoms with Crippen LogP contribution in [0.5, 0.6) is 0 Å². The molecular weight excluding hydrogens is 344 g/mol. The van der Waals surface area contributed by atoms with E-state index in [9.17, 15) is 9.59 Å². The molecule has 3 rings (SSSR count). The van der Waals surface area contributed by atoms with Crippen LogP contribution in [-0.4, -0.2) is 29.8 Å². The number of carbonyl (C=O) groups is 2. The maximum absolute atomic E-state index is 12.7. The first-order valence-electron chi connectivity index (χ1n) is 9.19. The van der Waals surface area contributed by atoms with Crippen molar-refractivity contribution in [3.05, 3.63) is 56.8 Å². The Hall–Kier alpha value is -2.14. The fourth-order valence-corrected chi connectivity index (χ4v) is 4.14. The van der Waals surface area contributed by atoms with Crippen molar-refractivity contribution in [2.45, 2.75) is 40.2 Å². The zero-order valence-electron chi connectivity index (χ0n) is 15.7. The molecule has 5 heteroatoms. The van der Waals surface area contributed by atoms with E-state index in [1.165, 1.54) is 4.88 Å². The maximum atomic E-state index is 12.7. The van der Waals surface area contributed by atoms with Gasteiger partial charge in [0.1, 0.15) is 0 Å². The van der Waals surface area contributed by atoms with Crippen LogP contribution < -0.4 is 5.32 Å². The second-order valence-electron chi connectivity index (χ2n) is 7.34. The summed E-state index contributed by atoms with van der Waals surface area (Å²) in [6.45, 7) is 8.30. The Morgan fingerprint density at radius 3 is 2.65 bits per heavy atom. The van der Waals surface area contributed by atoms with Crippen molar-refractivity contribution < 1.29 is 9.59 Å². The second-order valence-corrected chi connectivity index (χ2v) is 8.48. The lowest BCUT2D eigenvalue weighted by molar-refractivity contribution is 0.0736. The average molecular weight is 371 g/mol. The number of hydrogen-bond acceptors (Lipinski definition) is 3. The lowest BCUT2D eigenvalue weighted by atomic mass is 10.1. The number of nitrogens with zero attached hydrogens (tertiary/aromatic N) is 1. The molecule has 4 nitrogen and oxygen atoms in total. The molecule has 26 heavy (non-hydrogen) atoms. The Balaban J connectivity index is 1.65. The van der Waals surface area contributed by atoms with Gasteiger partial charge in [-0.15, -0.1) is 11.3 Å². The molecule has 0 saturated heterocycles. The predicted octanol–water partition coefficient (Wildman–Crippen LogP) is 4.03. The molecule has 2 amide bonds. The monoisotopic (exact) mass is 370 g/mol. The fraction of sp³-hybridized carbons (Fsp3) is 0.429. The summed E-state index contributed by atoms with van der Waals surface area (Å²) in [7, 11) is 0. The van der Waals surface area contributed by atoms with Crippen LogP contribution in [0, 0.1) is 12.8 Å². The summed E-state index contributed by atoms with van der Waals surface area (Å²) < 4.78 is 0. The Labute approximate surface area is 159 Å². The van der Waals surface area contributed by atoms with Gasteiger partial charge in [-0.25, -0.2) is 0 Å². The van der Waals surface area contributed by atoms with Gasteiger partial charge in [-0.3, -0.25) is 9.59 Å². The van der Waals surface area contributed by atoms with Crippen LogP contribution in [-0.2, 0) is 13.0 Å². The van der Waals surface area contributed by atoms with Gasteiger partial charge < -0.3 is 10.2 Å². The number of carbonyl (C=O) groups excluding carboxylic acids is 2. The van der Waals surface area contributed by atoms with Crippen molar-refractivity contribution in [3.8, 4) is 0 Å². The minimum atomic E-state index is 0.00135. The smallest absolute Gasteiger partial charge is 0.261 e. The van der Waals surface area contributed by atoms with E-state index in [1.807, 2.05) is 42.2 Å². The normalized spacial score (nSPS) is 13.6. The fourth-order valence-electron chi connectivity index (χ4n) is 3.06.